The van der Waals surface area contributed by atoms with E-state index in [0.717, 1.165) is 22.5 Å². The number of rotatable bonds is 4. The summed E-state index contributed by atoms with van der Waals surface area (Å²) in [6, 6.07) is 9.24. The zero-order valence-corrected chi connectivity index (χ0v) is 14.5. The summed E-state index contributed by atoms with van der Waals surface area (Å²) in [6.45, 7) is 9.94. The van der Waals surface area contributed by atoms with E-state index in [-0.39, 0.29) is 0 Å². The van der Waals surface area contributed by atoms with Gasteiger partial charge < -0.3 is 10.5 Å². The second kappa shape index (κ2) is 6.54. The van der Waals surface area contributed by atoms with E-state index in [1.165, 1.54) is 0 Å². The fraction of sp³-hybridized carbons (Fsp3) is 0.444. The Labute approximate surface area is 137 Å². The summed E-state index contributed by atoms with van der Waals surface area (Å²) < 4.78 is 7.27. The van der Waals surface area contributed by atoms with Crippen LogP contribution in [0.25, 0.3) is 0 Å². The third kappa shape index (κ3) is 4.20. The number of nitrogens with zero attached hydrogens (tertiary/aromatic N) is 2. The molecule has 1 aromatic heterocycles. The highest BCUT2D eigenvalue weighted by molar-refractivity contribution is 5.78. The molecule has 0 bridgehead atoms. The van der Waals surface area contributed by atoms with Gasteiger partial charge in [-0.05, 0) is 40.2 Å². The summed E-state index contributed by atoms with van der Waals surface area (Å²) in [5.41, 5.74) is 9.12. The van der Waals surface area contributed by atoms with Crippen LogP contribution in [0.15, 0.2) is 30.3 Å². The van der Waals surface area contributed by atoms with Crippen LogP contribution in [0.1, 0.15) is 49.3 Å². The Morgan fingerprint density at radius 3 is 2.43 bits per heavy atom. The Morgan fingerprint density at radius 1 is 1.26 bits per heavy atom. The number of ether oxygens (including phenoxy) is 1. The van der Waals surface area contributed by atoms with Crippen LogP contribution < -0.4 is 5.73 Å². The highest BCUT2D eigenvalue weighted by Gasteiger charge is 2.28. The normalized spacial score (nSPS) is 13.0. The molecule has 2 aromatic rings. The van der Waals surface area contributed by atoms with Crippen molar-refractivity contribution in [1.29, 1.82) is 0 Å². The van der Waals surface area contributed by atoms with Crippen molar-refractivity contribution in [2.75, 3.05) is 0 Å². The van der Waals surface area contributed by atoms with E-state index in [9.17, 15) is 4.79 Å². The minimum atomic E-state index is -0.821. The van der Waals surface area contributed by atoms with Gasteiger partial charge in [-0.25, -0.2) is 4.79 Å². The molecule has 0 saturated heterocycles. The van der Waals surface area contributed by atoms with Crippen molar-refractivity contribution in [3.05, 3.63) is 52.8 Å². The number of carbonyl (C=O) groups is 1. The second-order valence-corrected chi connectivity index (χ2v) is 6.74. The first kappa shape index (κ1) is 17.2. The molecule has 124 valence electrons. The van der Waals surface area contributed by atoms with Crippen molar-refractivity contribution >= 4 is 5.97 Å². The molecule has 0 fully saturated rings. The highest BCUT2D eigenvalue weighted by atomic mass is 16.6. The van der Waals surface area contributed by atoms with Gasteiger partial charge in [0.2, 0.25) is 0 Å². The van der Waals surface area contributed by atoms with E-state index in [1.807, 2.05) is 69.6 Å². The third-order valence-electron chi connectivity index (χ3n) is 3.58. The van der Waals surface area contributed by atoms with Crippen LogP contribution in [0.3, 0.4) is 0 Å². The number of aromatic nitrogens is 2. The molecule has 0 spiro atoms. The molecule has 1 atom stereocenters. The van der Waals surface area contributed by atoms with Crippen molar-refractivity contribution in [3.8, 4) is 0 Å². The van der Waals surface area contributed by atoms with Crippen LogP contribution in [0.5, 0.6) is 0 Å². The van der Waals surface area contributed by atoms with Crippen molar-refractivity contribution in [2.45, 2.75) is 52.8 Å². The van der Waals surface area contributed by atoms with Gasteiger partial charge in [0.15, 0.2) is 0 Å². The van der Waals surface area contributed by atoms with Gasteiger partial charge in [-0.2, -0.15) is 5.10 Å². The zero-order valence-electron chi connectivity index (χ0n) is 14.5. The maximum Gasteiger partial charge on any atom is 0.328 e. The van der Waals surface area contributed by atoms with E-state index in [4.69, 9.17) is 10.5 Å². The maximum absolute atomic E-state index is 12.2. The summed E-state index contributed by atoms with van der Waals surface area (Å²) in [5.74, 6) is -0.428. The first-order valence-corrected chi connectivity index (χ1v) is 7.75. The molecule has 0 aliphatic heterocycles. The van der Waals surface area contributed by atoms with Crippen molar-refractivity contribution in [2.24, 2.45) is 5.73 Å². The molecule has 5 heteroatoms. The van der Waals surface area contributed by atoms with Gasteiger partial charge in [0.05, 0.1) is 12.2 Å². The van der Waals surface area contributed by atoms with Crippen LogP contribution in [0, 0.1) is 13.8 Å². The largest absolute Gasteiger partial charge is 0.459 e. The summed E-state index contributed by atoms with van der Waals surface area (Å²) >= 11 is 0. The van der Waals surface area contributed by atoms with E-state index in [2.05, 4.69) is 5.10 Å². The number of nitrogens with two attached hydrogens (primary N) is 1. The van der Waals surface area contributed by atoms with Crippen LogP contribution >= 0.6 is 0 Å². The van der Waals surface area contributed by atoms with Crippen LogP contribution in [-0.2, 0) is 16.1 Å². The molecule has 0 amide bonds. The lowest BCUT2D eigenvalue weighted by Crippen LogP contribution is -2.32. The molecule has 5 nitrogen and oxygen atoms in total. The number of hydrogen-bond donors (Lipinski definition) is 1. The molecule has 23 heavy (non-hydrogen) atoms. The van der Waals surface area contributed by atoms with E-state index in [1.54, 1.807) is 0 Å². The minimum Gasteiger partial charge on any atom is -0.459 e. The lowest BCUT2D eigenvalue weighted by atomic mass is 10.1. The average molecular weight is 315 g/mol. The predicted molar refractivity (Wildman–Crippen MR) is 90.0 cm³/mol. The third-order valence-corrected chi connectivity index (χ3v) is 3.58. The van der Waals surface area contributed by atoms with E-state index in [0.29, 0.717) is 6.54 Å². The Bertz CT molecular complexity index is 684. The quantitative estimate of drug-likeness (QED) is 0.881. The monoisotopic (exact) mass is 315 g/mol. The predicted octanol–water partition coefficient (Wildman–Crippen LogP) is 2.89. The van der Waals surface area contributed by atoms with Crippen molar-refractivity contribution in [1.82, 2.24) is 9.78 Å². The molecular formula is C18H25N3O2. The summed E-state index contributed by atoms with van der Waals surface area (Å²) in [6.07, 6.45) is 0. The fourth-order valence-electron chi connectivity index (χ4n) is 2.55. The number of aryl methyl sites for hydroxylation is 1. The van der Waals surface area contributed by atoms with E-state index < -0.39 is 17.6 Å². The van der Waals surface area contributed by atoms with Gasteiger partial charge in [-0.1, -0.05) is 30.3 Å². The molecule has 0 aliphatic carbocycles. The molecule has 0 saturated carbocycles. The Balaban J connectivity index is 2.25. The van der Waals surface area contributed by atoms with Gasteiger partial charge >= 0.3 is 5.97 Å². The number of esters is 1. The second-order valence-electron chi connectivity index (χ2n) is 6.74. The van der Waals surface area contributed by atoms with Gasteiger partial charge in [0.25, 0.3) is 0 Å². The Hall–Kier alpha value is -2.14. The molecule has 2 N–H and O–H groups in total. The molecule has 1 heterocycles. The van der Waals surface area contributed by atoms with Gasteiger partial charge in [0.1, 0.15) is 11.6 Å². The molecule has 1 unspecified atom stereocenters. The summed E-state index contributed by atoms with van der Waals surface area (Å²) in [5, 5.41) is 4.53. The van der Waals surface area contributed by atoms with Gasteiger partial charge in [-0.3, -0.25) is 4.68 Å². The molecule has 0 radical (unpaired) electrons. The topological polar surface area (TPSA) is 70.1 Å². The Morgan fingerprint density at radius 2 is 1.87 bits per heavy atom. The first-order valence-electron chi connectivity index (χ1n) is 7.75. The smallest absolute Gasteiger partial charge is 0.328 e. The highest BCUT2D eigenvalue weighted by Crippen LogP contribution is 2.23. The minimum absolute atomic E-state index is 0.428. The van der Waals surface area contributed by atoms with Crippen LogP contribution in [0.2, 0.25) is 0 Å². The summed E-state index contributed by atoms with van der Waals surface area (Å²) in [4.78, 5) is 12.2. The Kier molecular flexibility index (Phi) is 4.90. The SMILES string of the molecule is Cc1nn(Cc2ccccc2)c(C)c1C(N)C(=O)OC(C)(C)C. The standard InChI is InChI=1S/C18H25N3O2/c1-12-15(16(19)17(22)23-18(3,4)5)13(2)21(20-12)11-14-9-7-6-8-10-14/h6-10,16H,11,19H2,1-5H3. The fourth-order valence-corrected chi connectivity index (χ4v) is 2.55. The number of benzene rings is 1. The average Bonchev–Trinajstić information content (AvgIpc) is 2.72. The first-order chi connectivity index (χ1) is 10.7. The van der Waals surface area contributed by atoms with Crippen molar-refractivity contribution in [3.63, 3.8) is 0 Å². The zero-order chi connectivity index (χ0) is 17.2. The number of carbonyl (C=O) groups excluding carboxylic acids is 1. The molecular weight excluding hydrogens is 290 g/mol. The lowest BCUT2D eigenvalue weighted by Gasteiger charge is -2.22. The van der Waals surface area contributed by atoms with Crippen LogP contribution in [-0.4, -0.2) is 21.4 Å². The lowest BCUT2D eigenvalue weighted by molar-refractivity contribution is -0.156. The number of hydrogen-bond acceptors (Lipinski definition) is 4. The van der Waals surface area contributed by atoms with Crippen LogP contribution in [0.4, 0.5) is 0 Å². The van der Waals surface area contributed by atoms with Crippen molar-refractivity contribution < 1.29 is 9.53 Å². The molecule has 2 rings (SSSR count). The van der Waals surface area contributed by atoms with Gasteiger partial charge in [-0.15, -0.1) is 0 Å². The summed E-state index contributed by atoms with van der Waals surface area (Å²) in [7, 11) is 0. The maximum atomic E-state index is 12.2. The molecule has 1 aromatic carbocycles. The van der Waals surface area contributed by atoms with Gasteiger partial charge in [0, 0.05) is 11.3 Å². The molecule has 0 aliphatic rings. The van der Waals surface area contributed by atoms with E-state index >= 15 is 0 Å².